The molecule has 1 atom stereocenters. The molecule has 2 amide bonds. The summed E-state index contributed by atoms with van der Waals surface area (Å²) >= 11 is 0. The van der Waals surface area contributed by atoms with E-state index in [9.17, 15) is 9.59 Å². The van der Waals surface area contributed by atoms with Crippen molar-refractivity contribution >= 4 is 12.0 Å². The van der Waals surface area contributed by atoms with Crippen molar-refractivity contribution in [1.82, 2.24) is 20.4 Å². The number of rotatable bonds is 10. The number of esters is 1. The number of aryl methyl sites for hydroxylation is 1. The van der Waals surface area contributed by atoms with Crippen molar-refractivity contribution < 1.29 is 28.5 Å². The molecule has 39 heavy (non-hydrogen) atoms. The van der Waals surface area contributed by atoms with E-state index in [1.165, 1.54) is 0 Å². The minimum atomic E-state index is -0.577. The van der Waals surface area contributed by atoms with E-state index < -0.39 is 12.0 Å². The third kappa shape index (κ3) is 6.46. The zero-order valence-corrected chi connectivity index (χ0v) is 23.3. The number of nitrogens with zero attached hydrogens (tertiary/aromatic N) is 2. The molecule has 2 aliphatic heterocycles. The lowest BCUT2D eigenvalue weighted by molar-refractivity contribution is -0.139. The normalized spacial score (nSPS) is 18.3. The number of carbonyl (C=O) groups is 2. The number of ether oxygens (including phenoxy) is 4. The van der Waals surface area contributed by atoms with Crippen LogP contribution in [-0.4, -0.2) is 82.5 Å². The first-order chi connectivity index (χ1) is 18.9. The van der Waals surface area contributed by atoms with Gasteiger partial charge in [-0.1, -0.05) is 35.9 Å². The Labute approximate surface area is 229 Å². The number of piperazine rings is 1. The first-order valence-electron chi connectivity index (χ1n) is 13.1. The molecule has 0 unspecified atom stereocenters. The molecule has 10 heteroatoms. The van der Waals surface area contributed by atoms with Gasteiger partial charge in [0, 0.05) is 50.5 Å². The van der Waals surface area contributed by atoms with Crippen LogP contribution < -0.4 is 24.8 Å². The summed E-state index contributed by atoms with van der Waals surface area (Å²) in [7, 11) is 4.84. The fourth-order valence-corrected chi connectivity index (χ4v) is 5.06. The van der Waals surface area contributed by atoms with E-state index >= 15 is 0 Å². The Morgan fingerprint density at radius 3 is 2.13 bits per heavy atom. The van der Waals surface area contributed by atoms with Gasteiger partial charge in [-0.15, -0.1) is 0 Å². The van der Waals surface area contributed by atoms with Crippen LogP contribution in [0.3, 0.4) is 0 Å². The van der Waals surface area contributed by atoms with Crippen LogP contribution >= 0.6 is 0 Å². The molecular weight excluding hydrogens is 500 g/mol. The van der Waals surface area contributed by atoms with Gasteiger partial charge in [0.25, 0.3) is 0 Å². The van der Waals surface area contributed by atoms with Crippen LogP contribution in [0.4, 0.5) is 4.79 Å². The minimum Gasteiger partial charge on any atom is -0.493 e. The molecule has 1 fully saturated rings. The Balaban J connectivity index is 1.49. The maximum absolute atomic E-state index is 13.1. The van der Waals surface area contributed by atoms with Gasteiger partial charge >= 0.3 is 12.0 Å². The van der Waals surface area contributed by atoms with Gasteiger partial charge in [0.05, 0.1) is 39.6 Å². The third-order valence-electron chi connectivity index (χ3n) is 7.09. The standard InChI is InChI=1S/C29H38N4O6/c1-6-39-28(34)24-22(30-29(35)31-25(24)20-9-7-19(2)8-10-20)18-33-15-13-32(14-16-33)17-21-11-12-23(36-3)27(38-5)26(21)37-4/h7-12,25H,6,13-18H2,1-5H3,(H2,30,31,35)/t25-/m0/s1. The fraction of sp³-hybridized carbons (Fsp3) is 0.448. The minimum absolute atomic E-state index is 0.252. The van der Waals surface area contributed by atoms with Gasteiger partial charge in [0.1, 0.15) is 0 Å². The molecule has 0 spiro atoms. The van der Waals surface area contributed by atoms with Crippen LogP contribution in [0.2, 0.25) is 0 Å². The molecule has 0 bridgehead atoms. The molecule has 210 valence electrons. The monoisotopic (exact) mass is 538 g/mol. The van der Waals surface area contributed by atoms with Crippen LogP contribution in [0.5, 0.6) is 17.2 Å². The second-order valence-electron chi connectivity index (χ2n) is 9.60. The molecule has 4 rings (SSSR count). The topological polar surface area (TPSA) is 102 Å². The largest absolute Gasteiger partial charge is 0.493 e. The van der Waals surface area contributed by atoms with Gasteiger partial charge in [-0.3, -0.25) is 9.80 Å². The summed E-state index contributed by atoms with van der Waals surface area (Å²) in [5, 5.41) is 5.79. The van der Waals surface area contributed by atoms with Crippen LogP contribution in [0, 0.1) is 6.92 Å². The highest BCUT2D eigenvalue weighted by atomic mass is 16.5. The molecule has 1 saturated heterocycles. The highest BCUT2D eigenvalue weighted by Crippen LogP contribution is 2.40. The third-order valence-corrected chi connectivity index (χ3v) is 7.09. The number of benzene rings is 2. The van der Waals surface area contributed by atoms with Crippen molar-refractivity contribution in [2.24, 2.45) is 0 Å². The molecule has 2 aromatic rings. The molecule has 0 aliphatic carbocycles. The number of carbonyl (C=O) groups excluding carboxylic acids is 2. The summed E-state index contributed by atoms with van der Waals surface area (Å²) in [5.74, 6) is 1.45. The van der Waals surface area contributed by atoms with E-state index in [-0.39, 0.29) is 12.6 Å². The summed E-state index contributed by atoms with van der Waals surface area (Å²) in [6.45, 7) is 8.34. The van der Waals surface area contributed by atoms with Crippen molar-refractivity contribution in [3.63, 3.8) is 0 Å². The van der Waals surface area contributed by atoms with Gasteiger partial charge in [-0.25, -0.2) is 9.59 Å². The van der Waals surface area contributed by atoms with E-state index in [0.717, 1.165) is 42.9 Å². The quantitative estimate of drug-likeness (QED) is 0.446. The lowest BCUT2D eigenvalue weighted by Crippen LogP contribution is -2.51. The maximum atomic E-state index is 13.1. The second-order valence-corrected chi connectivity index (χ2v) is 9.60. The van der Waals surface area contributed by atoms with Gasteiger partial charge < -0.3 is 29.6 Å². The van der Waals surface area contributed by atoms with E-state index in [4.69, 9.17) is 18.9 Å². The molecule has 10 nitrogen and oxygen atoms in total. The van der Waals surface area contributed by atoms with Crippen molar-refractivity contribution in [2.75, 3.05) is 60.7 Å². The smallest absolute Gasteiger partial charge is 0.338 e. The number of hydrogen-bond donors (Lipinski definition) is 2. The van der Waals surface area contributed by atoms with E-state index in [1.807, 2.05) is 43.3 Å². The summed E-state index contributed by atoms with van der Waals surface area (Å²) in [6.07, 6.45) is 0. The molecule has 0 aromatic heterocycles. The number of hydrogen-bond acceptors (Lipinski definition) is 8. The number of amides is 2. The fourth-order valence-electron chi connectivity index (χ4n) is 5.06. The van der Waals surface area contributed by atoms with Gasteiger partial charge in [0.15, 0.2) is 11.5 Å². The average molecular weight is 539 g/mol. The lowest BCUT2D eigenvalue weighted by Gasteiger charge is -2.37. The first-order valence-corrected chi connectivity index (χ1v) is 13.1. The summed E-state index contributed by atoms with van der Waals surface area (Å²) < 4.78 is 22.0. The number of nitrogens with one attached hydrogen (secondary N) is 2. The van der Waals surface area contributed by atoms with E-state index in [1.54, 1.807) is 28.3 Å². The Morgan fingerprint density at radius 2 is 1.54 bits per heavy atom. The van der Waals surface area contributed by atoms with Crippen molar-refractivity contribution in [2.45, 2.75) is 26.4 Å². The maximum Gasteiger partial charge on any atom is 0.338 e. The predicted molar refractivity (Wildman–Crippen MR) is 147 cm³/mol. The zero-order valence-electron chi connectivity index (χ0n) is 23.3. The molecule has 0 saturated carbocycles. The van der Waals surface area contributed by atoms with Crippen molar-refractivity contribution in [1.29, 1.82) is 0 Å². The van der Waals surface area contributed by atoms with Gasteiger partial charge in [-0.2, -0.15) is 0 Å². The Hall–Kier alpha value is -3.76. The average Bonchev–Trinajstić information content (AvgIpc) is 2.93. The predicted octanol–water partition coefficient (Wildman–Crippen LogP) is 3.01. The van der Waals surface area contributed by atoms with Crippen molar-refractivity contribution in [3.05, 3.63) is 64.4 Å². The molecule has 2 aliphatic rings. The van der Waals surface area contributed by atoms with E-state index in [0.29, 0.717) is 41.6 Å². The summed E-state index contributed by atoms with van der Waals surface area (Å²) in [5.41, 5.74) is 3.98. The lowest BCUT2D eigenvalue weighted by atomic mass is 9.94. The number of methoxy groups -OCH3 is 3. The van der Waals surface area contributed by atoms with Crippen LogP contribution in [0.15, 0.2) is 47.7 Å². The summed E-state index contributed by atoms with van der Waals surface area (Å²) in [6, 6.07) is 10.8. The Morgan fingerprint density at radius 1 is 0.897 bits per heavy atom. The SMILES string of the molecule is CCOC(=O)C1=C(CN2CCN(Cc3ccc(OC)c(OC)c3OC)CC2)NC(=O)N[C@H]1c1ccc(C)cc1. The van der Waals surface area contributed by atoms with Crippen LogP contribution in [-0.2, 0) is 16.1 Å². The second kappa shape index (κ2) is 12.9. The van der Waals surface area contributed by atoms with Gasteiger partial charge in [-0.05, 0) is 25.5 Å². The number of urea groups is 1. The van der Waals surface area contributed by atoms with E-state index in [2.05, 4.69) is 20.4 Å². The van der Waals surface area contributed by atoms with Crippen LogP contribution in [0.1, 0.15) is 29.7 Å². The highest BCUT2D eigenvalue weighted by molar-refractivity contribution is 5.95. The van der Waals surface area contributed by atoms with Crippen LogP contribution in [0.25, 0.3) is 0 Å². The Bertz CT molecular complexity index is 1210. The molecular formula is C29H38N4O6. The first kappa shape index (κ1) is 28.3. The molecule has 2 aromatic carbocycles. The zero-order chi connectivity index (χ0) is 27.9. The molecule has 2 N–H and O–H groups in total. The Kier molecular flexibility index (Phi) is 9.32. The van der Waals surface area contributed by atoms with Gasteiger partial charge in [0.2, 0.25) is 5.75 Å². The highest BCUT2D eigenvalue weighted by Gasteiger charge is 2.34. The summed E-state index contributed by atoms with van der Waals surface area (Å²) in [4.78, 5) is 30.3. The molecule has 0 radical (unpaired) electrons. The van der Waals surface area contributed by atoms with Crippen molar-refractivity contribution in [3.8, 4) is 17.2 Å². The molecule has 2 heterocycles.